The van der Waals surface area contributed by atoms with Gasteiger partial charge < -0.3 is 25.0 Å². The molecule has 3 rings (SSSR count). The Morgan fingerprint density at radius 1 is 1.22 bits per heavy atom. The lowest BCUT2D eigenvalue weighted by Gasteiger charge is -2.29. The third-order valence-electron chi connectivity index (χ3n) is 6.46. The molecule has 0 saturated carbocycles. The Morgan fingerprint density at radius 3 is 2.72 bits per heavy atom. The number of rotatable bonds is 6. The van der Waals surface area contributed by atoms with E-state index in [0.29, 0.717) is 31.4 Å². The van der Waals surface area contributed by atoms with Crippen molar-refractivity contribution in [3.63, 3.8) is 0 Å². The summed E-state index contributed by atoms with van der Waals surface area (Å²) >= 11 is 0. The first-order valence-corrected chi connectivity index (χ1v) is 12.0. The van der Waals surface area contributed by atoms with Gasteiger partial charge in [-0.2, -0.15) is 0 Å². The van der Waals surface area contributed by atoms with E-state index in [1.165, 1.54) is 6.92 Å². The van der Waals surface area contributed by atoms with Crippen LogP contribution in [0.2, 0.25) is 0 Å². The summed E-state index contributed by atoms with van der Waals surface area (Å²) in [5.74, 6) is 7.20. The van der Waals surface area contributed by atoms with E-state index in [9.17, 15) is 15.0 Å². The number of nitrogens with one attached hydrogen (secondary N) is 1. The Morgan fingerprint density at radius 2 is 2.00 bits per heavy atom. The van der Waals surface area contributed by atoms with Crippen molar-refractivity contribution < 1.29 is 24.5 Å². The molecule has 3 N–H and O–H groups in total. The van der Waals surface area contributed by atoms with Crippen LogP contribution in [0.3, 0.4) is 0 Å². The number of ether oxygens (including phenoxy) is 2. The summed E-state index contributed by atoms with van der Waals surface area (Å²) < 4.78 is 11.7. The van der Waals surface area contributed by atoms with E-state index in [1.54, 1.807) is 6.07 Å². The first-order valence-electron chi connectivity index (χ1n) is 12.0. The lowest BCUT2D eigenvalue weighted by molar-refractivity contribution is -0.150. The van der Waals surface area contributed by atoms with Gasteiger partial charge in [0.05, 0.1) is 6.10 Å². The van der Waals surface area contributed by atoms with Gasteiger partial charge in [-0.1, -0.05) is 18.9 Å². The van der Waals surface area contributed by atoms with E-state index in [1.807, 2.05) is 12.1 Å². The van der Waals surface area contributed by atoms with Crippen molar-refractivity contribution in [2.24, 2.45) is 11.8 Å². The normalized spacial score (nSPS) is 27.1. The third-order valence-corrected chi connectivity index (χ3v) is 6.46. The maximum Gasteiger partial charge on any atom is 0.302 e. The molecule has 6 nitrogen and oxygen atoms in total. The number of carbonyl (C=O) groups excluding carboxylic acids is 1. The van der Waals surface area contributed by atoms with Crippen LogP contribution in [0.1, 0.15) is 64.4 Å². The van der Waals surface area contributed by atoms with Gasteiger partial charge in [-0.3, -0.25) is 4.79 Å². The molecule has 32 heavy (non-hydrogen) atoms. The second-order valence-electron chi connectivity index (χ2n) is 9.08. The third kappa shape index (κ3) is 7.43. The van der Waals surface area contributed by atoms with Crippen molar-refractivity contribution in [2.75, 3.05) is 13.1 Å². The molecular formula is C26H37NO5. The van der Waals surface area contributed by atoms with Crippen LogP contribution in [0.4, 0.5) is 0 Å². The van der Waals surface area contributed by atoms with Crippen LogP contribution >= 0.6 is 0 Å². The Hall–Kier alpha value is -2.23. The lowest BCUT2D eigenvalue weighted by atomic mass is 9.85. The fraction of sp³-hybridized carbons (Fsp3) is 0.654. The van der Waals surface area contributed by atoms with E-state index in [2.05, 4.69) is 24.1 Å². The summed E-state index contributed by atoms with van der Waals surface area (Å²) in [5, 5.41) is 24.2. The fourth-order valence-electron chi connectivity index (χ4n) is 4.55. The summed E-state index contributed by atoms with van der Waals surface area (Å²) in [5.41, 5.74) is 0.995. The maximum atomic E-state index is 11.8. The highest BCUT2D eigenvalue weighted by Crippen LogP contribution is 2.32. The fourth-order valence-corrected chi connectivity index (χ4v) is 4.55. The average molecular weight is 444 g/mol. The van der Waals surface area contributed by atoms with Crippen LogP contribution < -0.4 is 10.1 Å². The molecular weight excluding hydrogens is 406 g/mol. The molecule has 0 bridgehead atoms. The number of aliphatic hydroxyl groups excluding tert-OH is 1. The van der Waals surface area contributed by atoms with Crippen LogP contribution in [0.5, 0.6) is 11.5 Å². The molecule has 1 aliphatic heterocycles. The van der Waals surface area contributed by atoms with Crippen molar-refractivity contribution in [3.05, 3.63) is 23.8 Å². The Balaban J connectivity index is 1.80. The van der Waals surface area contributed by atoms with Gasteiger partial charge in [0.15, 0.2) is 11.5 Å². The molecule has 1 aromatic rings. The van der Waals surface area contributed by atoms with Gasteiger partial charge in [0, 0.05) is 31.6 Å². The number of phenolic OH excluding ortho intramolecular Hbond substituents is 1. The molecule has 0 radical (unpaired) electrons. The molecule has 0 spiro atoms. The SMILES string of the molecule is CCC1C#CCC(Cc2ccc(O)c(OC3CCNCC3)c2)C(OC(C)=O)CC(O)CC1. The molecule has 1 saturated heterocycles. The average Bonchev–Trinajstić information content (AvgIpc) is 2.77. The quantitative estimate of drug-likeness (QED) is 0.460. The Bertz CT molecular complexity index is 808. The molecule has 2 aliphatic rings. The number of aromatic hydroxyl groups is 1. The molecule has 4 unspecified atom stereocenters. The molecule has 1 aliphatic carbocycles. The van der Waals surface area contributed by atoms with Crippen molar-refractivity contribution in [2.45, 2.75) is 83.5 Å². The van der Waals surface area contributed by atoms with Crippen LogP contribution in [0.15, 0.2) is 18.2 Å². The van der Waals surface area contributed by atoms with Gasteiger partial charge in [0.25, 0.3) is 0 Å². The predicted molar refractivity (Wildman–Crippen MR) is 123 cm³/mol. The highest BCUT2D eigenvalue weighted by molar-refractivity contribution is 5.66. The largest absolute Gasteiger partial charge is 0.504 e. The minimum Gasteiger partial charge on any atom is -0.504 e. The second kappa shape index (κ2) is 12.1. The van der Waals surface area contributed by atoms with E-state index in [-0.39, 0.29) is 29.7 Å². The topological polar surface area (TPSA) is 88.0 Å². The van der Waals surface area contributed by atoms with E-state index < -0.39 is 12.2 Å². The Labute approximate surface area is 191 Å². The molecule has 1 aromatic carbocycles. The van der Waals surface area contributed by atoms with Crippen molar-refractivity contribution in [3.8, 4) is 23.3 Å². The van der Waals surface area contributed by atoms with Gasteiger partial charge >= 0.3 is 5.97 Å². The number of esters is 1. The zero-order valence-corrected chi connectivity index (χ0v) is 19.3. The molecule has 6 heteroatoms. The molecule has 0 aromatic heterocycles. The van der Waals surface area contributed by atoms with Gasteiger partial charge in [-0.25, -0.2) is 0 Å². The van der Waals surface area contributed by atoms with Crippen molar-refractivity contribution in [1.29, 1.82) is 0 Å². The zero-order valence-electron chi connectivity index (χ0n) is 19.3. The number of hydrogen-bond donors (Lipinski definition) is 3. The number of benzene rings is 1. The standard InChI is InChI=1S/C26H37NO5/c1-3-19-5-4-6-21(25(31-18(2)28)17-22(29)9-7-19)15-20-8-10-24(30)26(16-20)32-23-11-13-27-14-12-23/h8,10,16,19,21-23,25,27,29-30H,3,6-7,9,11-15,17H2,1-2H3. The first kappa shape index (κ1) is 24.4. The van der Waals surface area contributed by atoms with Gasteiger partial charge in [0.2, 0.25) is 0 Å². The van der Waals surface area contributed by atoms with E-state index >= 15 is 0 Å². The highest BCUT2D eigenvalue weighted by atomic mass is 16.5. The molecule has 1 fully saturated rings. The maximum absolute atomic E-state index is 11.8. The predicted octanol–water partition coefficient (Wildman–Crippen LogP) is 3.58. The van der Waals surface area contributed by atoms with Crippen LogP contribution in [0, 0.1) is 23.7 Å². The summed E-state index contributed by atoms with van der Waals surface area (Å²) in [6.07, 6.45) is 5.10. The number of piperidine rings is 1. The Kier molecular flexibility index (Phi) is 9.25. The van der Waals surface area contributed by atoms with Crippen LogP contribution in [0.25, 0.3) is 0 Å². The van der Waals surface area contributed by atoms with E-state index in [0.717, 1.165) is 44.3 Å². The molecule has 1 heterocycles. The monoisotopic (exact) mass is 443 g/mol. The van der Waals surface area contributed by atoms with Gasteiger partial charge in [0.1, 0.15) is 12.2 Å². The van der Waals surface area contributed by atoms with Crippen molar-refractivity contribution >= 4 is 5.97 Å². The summed E-state index contributed by atoms with van der Waals surface area (Å²) in [4.78, 5) is 11.8. The zero-order chi connectivity index (χ0) is 22.9. The summed E-state index contributed by atoms with van der Waals surface area (Å²) in [7, 11) is 0. The molecule has 4 atom stereocenters. The summed E-state index contributed by atoms with van der Waals surface area (Å²) in [6, 6.07) is 5.44. The second-order valence-corrected chi connectivity index (χ2v) is 9.08. The minimum absolute atomic E-state index is 0.0482. The van der Waals surface area contributed by atoms with Crippen molar-refractivity contribution in [1.82, 2.24) is 5.32 Å². The highest BCUT2D eigenvalue weighted by Gasteiger charge is 2.28. The van der Waals surface area contributed by atoms with Crippen LogP contribution in [-0.4, -0.2) is 47.6 Å². The number of carbonyl (C=O) groups is 1. The lowest BCUT2D eigenvalue weighted by Crippen LogP contribution is -2.34. The summed E-state index contributed by atoms with van der Waals surface area (Å²) in [6.45, 7) is 5.36. The smallest absolute Gasteiger partial charge is 0.302 e. The number of phenols is 1. The van der Waals surface area contributed by atoms with Gasteiger partial charge in [-0.15, -0.1) is 5.92 Å². The molecule has 176 valence electrons. The number of aliphatic hydroxyl groups is 1. The minimum atomic E-state index is -0.519. The number of hydrogen-bond acceptors (Lipinski definition) is 6. The van der Waals surface area contributed by atoms with Gasteiger partial charge in [-0.05, 0) is 69.3 Å². The van der Waals surface area contributed by atoms with Crippen LogP contribution in [-0.2, 0) is 16.0 Å². The first-order chi connectivity index (χ1) is 15.4. The molecule has 0 amide bonds. The van der Waals surface area contributed by atoms with E-state index in [4.69, 9.17) is 9.47 Å².